The van der Waals surface area contributed by atoms with Crippen LogP contribution in [0, 0.1) is 0 Å². The van der Waals surface area contributed by atoms with E-state index >= 15 is 0 Å². The highest BCUT2D eigenvalue weighted by Gasteiger charge is 2.40. The van der Waals surface area contributed by atoms with Crippen LogP contribution < -0.4 is 0 Å². The summed E-state index contributed by atoms with van der Waals surface area (Å²) in [5.74, 6) is -7.00. The molecule has 0 heterocycles. The Morgan fingerprint density at radius 2 is 1.14 bits per heavy atom. The van der Waals surface area contributed by atoms with Crippen LogP contribution >= 0.6 is 0 Å². The van der Waals surface area contributed by atoms with E-state index in [-0.39, 0.29) is 0 Å². The fourth-order valence-electron chi connectivity index (χ4n) is 0.439. The van der Waals surface area contributed by atoms with Crippen LogP contribution in [0.3, 0.4) is 0 Å². The molecule has 2 atom stereocenters. The van der Waals surface area contributed by atoms with Gasteiger partial charge < -0.3 is 0 Å². The summed E-state index contributed by atoms with van der Waals surface area (Å²) in [6.07, 6.45) is -6.71. The van der Waals surface area contributed by atoms with Crippen molar-refractivity contribution in [2.75, 3.05) is 0 Å². The van der Waals surface area contributed by atoms with E-state index in [9.17, 15) is 32.2 Å². The Balaban J connectivity index is 4.46. The van der Waals surface area contributed by atoms with Crippen LogP contribution in [0.2, 0.25) is 0 Å². The molecular weight excluding hydrogens is 216 g/mol. The number of carbonyl (C=O) groups is 3. The molecule has 0 aromatic heterocycles. The number of rotatable bonds is 4. The quantitative estimate of drug-likeness (QED) is 0.493. The van der Waals surface area contributed by atoms with Gasteiger partial charge in [-0.2, -0.15) is 0 Å². The minimum absolute atomic E-state index is 2.25. The molecule has 0 rings (SSSR count). The predicted molar refractivity (Wildman–Crippen MR) is 29.2 cm³/mol. The molecule has 0 aliphatic carbocycles. The molecule has 0 aliphatic rings. The van der Waals surface area contributed by atoms with Crippen molar-refractivity contribution >= 4 is 17.7 Å². The van der Waals surface area contributed by atoms with Crippen molar-refractivity contribution in [2.45, 2.75) is 12.3 Å². The highest BCUT2D eigenvalue weighted by atomic mass is 19.3. The highest BCUT2D eigenvalue weighted by molar-refractivity contribution is 6.12. The second-order valence-corrected chi connectivity index (χ2v) is 1.92. The van der Waals surface area contributed by atoms with Gasteiger partial charge in [0.25, 0.3) is 12.3 Å². The van der Waals surface area contributed by atoms with E-state index in [2.05, 4.69) is 9.88 Å². The van der Waals surface area contributed by atoms with Crippen LogP contribution in [0.15, 0.2) is 0 Å². The van der Waals surface area contributed by atoms with E-state index in [1.807, 2.05) is 0 Å². The third-order valence-electron chi connectivity index (χ3n) is 1.07. The monoisotopic (exact) mass is 218 g/mol. The molecule has 0 aliphatic heterocycles. The molecule has 9 heteroatoms. The lowest BCUT2D eigenvalue weighted by atomic mass is 10.1. The minimum Gasteiger partial charge on any atom is -0.292 e. The first-order chi connectivity index (χ1) is 6.45. The van der Waals surface area contributed by atoms with Crippen molar-refractivity contribution in [1.82, 2.24) is 0 Å². The summed E-state index contributed by atoms with van der Waals surface area (Å²) in [5, 5.41) is 0. The molecule has 0 saturated heterocycles. The number of halogens is 4. The van der Waals surface area contributed by atoms with Gasteiger partial charge in [-0.3, -0.25) is 14.7 Å². The van der Waals surface area contributed by atoms with Crippen molar-refractivity contribution in [1.29, 1.82) is 0 Å². The summed E-state index contributed by atoms with van der Waals surface area (Å²) >= 11 is 0. The number of ketones is 1. The second-order valence-electron chi connectivity index (χ2n) is 1.92. The van der Waals surface area contributed by atoms with E-state index in [1.165, 1.54) is 0 Å². The fourth-order valence-corrected chi connectivity index (χ4v) is 0.439. The Labute approximate surface area is 73.4 Å². The Morgan fingerprint density at radius 1 is 0.857 bits per heavy atom. The zero-order valence-electron chi connectivity index (χ0n) is 6.21. The maximum Gasteiger partial charge on any atom is 0.390 e. The summed E-state index contributed by atoms with van der Waals surface area (Å²) in [6, 6.07) is 0. The van der Waals surface area contributed by atoms with Gasteiger partial charge >= 0.3 is 11.9 Å². The zero-order valence-corrected chi connectivity index (χ0v) is 6.21. The molecule has 0 bridgehead atoms. The van der Waals surface area contributed by atoms with Crippen molar-refractivity contribution < 1.29 is 42.1 Å². The van der Waals surface area contributed by atoms with Gasteiger partial charge in [-0.25, -0.2) is 18.4 Å². The van der Waals surface area contributed by atoms with Crippen molar-refractivity contribution in [3.8, 4) is 0 Å². The van der Waals surface area contributed by atoms with Crippen molar-refractivity contribution in [2.24, 2.45) is 0 Å². The zero-order chi connectivity index (χ0) is 11.3. The third-order valence-corrected chi connectivity index (χ3v) is 1.07. The van der Waals surface area contributed by atoms with E-state index in [0.29, 0.717) is 0 Å². The second kappa shape index (κ2) is 5.14. The lowest BCUT2D eigenvalue weighted by Gasteiger charge is -2.03. The van der Waals surface area contributed by atoms with Crippen molar-refractivity contribution in [3.63, 3.8) is 0 Å². The Morgan fingerprint density at radius 3 is 1.36 bits per heavy atom. The van der Waals surface area contributed by atoms with Gasteiger partial charge in [0.15, 0.2) is 0 Å². The SMILES string of the molecule is O=C(OF)C(F)C(=O)C(F)C(=O)OF. The molecule has 0 saturated carbocycles. The van der Waals surface area contributed by atoms with E-state index < -0.39 is 30.1 Å². The van der Waals surface area contributed by atoms with Crippen LogP contribution in [-0.4, -0.2) is 30.1 Å². The summed E-state index contributed by atoms with van der Waals surface area (Å²) in [7, 11) is 0. The Bertz CT molecular complexity index is 231. The predicted octanol–water partition coefficient (Wildman–Crippen LogP) is 0.0871. The molecule has 0 aromatic rings. The van der Waals surface area contributed by atoms with Crippen LogP contribution in [0.4, 0.5) is 17.8 Å². The molecule has 0 fully saturated rings. The number of Topliss-reactive ketones (excluding diaryl/α,β-unsaturated/α-hetero) is 1. The molecular formula is C5H2F4O5. The van der Waals surface area contributed by atoms with Gasteiger partial charge in [-0.05, 0) is 0 Å². The number of hydrogen-bond acceptors (Lipinski definition) is 5. The first-order valence-corrected chi connectivity index (χ1v) is 2.92. The molecule has 2 unspecified atom stereocenters. The van der Waals surface area contributed by atoms with Crippen molar-refractivity contribution in [3.05, 3.63) is 0 Å². The molecule has 5 nitrogen and oxygen atoms in total. The molecule has 0 aromatic carbocycles. The van der Waals surface area contributed by atoms with Gasteiger partial charge in [0.05, 0.1) is 0 Å². The van der Waals surface area contributed by atoms with Gasteiger partial charge in [-0.15, -0.1) is 0 Å². The maximum atomic E-state index is 12.3. The molecule has 80 valence electrons. The first-order valence-electron chi connectivity index (χ1n) is 2.92. The average Bonchev–Trinajstić information content (AvgIpc) is 2.23. The maximum absolute atomic E-state index is 12.3. The topological polar surface area (TPSA) is 69.7 Å². The largest absolute Gasteiger partial charge is 0.390 e. The number of hydrogen-bond donors (Lipinski definition) is 0. The van der Waals surface area contributed by atoms with Gasteiger partial charge in [-0.1, -0.05) is 0 Å². The van der Waals surface area contributed by atoms with Gasteiger partial charge in [0, 0.05) is 9.05 Å². The summed E-state index contributed by atoms with van der Waals surface area (Å²) in [6.45, 7) is 0. The van der Waals surface area contributed by atoms with E-state index in [1.54, 1.807) is 0 Å². The van der Waals surface area contributed by atoms with E-state index in [4.69, 9.17) is 0 Å². The first kappa shape index (κ1) is 12.3. The fraction of sp³-hybridized carbons (Fsp3) is 0.400. The van der Waals surface area contributed by atoms with Crippen LogP contribution in [0.25, 0.3) is 0 Å². The molecule has 0 amide bonds. The Hall–Kier alpha value is -1.67. The number of alkyl halides is 2. The van der Waals surface area contributed by atoms with Gasteiger partial charge in [0.1, 0.15) is 0 Å². The lowest BCUT2D eigenvalue weighted by Crippen LogP contribution is -2.37. The Kier molecular flexibility index (Phi) is 4.53. The van der Waals surface area contributed by atoms with Crippen LogP contribution in [0.1, 0.15) is 0 Å². The highest BCUT2D eigenvalue weighted by Crippen LogP contribution is 2.06. The molecule has 14 heavy (non-hydrogen) atoms. The summed E-state index contributed by atoms with van der Waals surface area (Å²) in [5.41, 5.74) is 0. The summed E-state index contributed by atoms with van der Waals surface area (Å²) in [4.78, 5) is 34.8. The van der Waals surface area contributed by atoms with Crippen LogP contribution in [0.5, 0.6) is 0 Å². The van der Waals surface area contributed by atoms with Gasteiger partial charge in [0.2, 0.25) is 5.78 Å². The smallest absolute Gasteiger partial charge is 0.292 e. The average molecular weight is 218 g/mol. The van der Waals surface area contributed by atoms with Crippen LogP contribution in [-0.2, 0) is 24.3 Å². The standard InChI is InChI=1S/C5H2F4O5/c6-1(4(11)13-8)3(10)2(7)5(12)14-9/h1-2H. The van der Waals surface area contributed by atoms with E-state index in [0.717, 1.165) is 0 Å². The normalized spacial score (nSPS) is 14.0. The molecule has 0 radical (unpaired) electrons. The molecule has 0 spiro atoms. The lowest BCUT2D eigenvalue weighted by molar-refractivity contribution is -0.195. The number of carbonyl (C=O) groups excluding carboxylic acids is 3. The third kappa shape index (κ3) is 2.68. The summed E-state index contributed by atoms with van der Waals surface area (Å²) < 4.78 is 46.6. The minimum atomic E-state index is -3.35. The molecule has 0 N–H and O–H groups in total.